The number of nitrogens with one attached hydrogen (secondary N) is 1. The minimum absolute atomic E-state index is 0.0284. The Bertz CT molecular complexity index is 857. The molecule has 6 heteroatoms. The number of carbonyl (C=O) groups is 2. The van der Waals surface area contributed by atoms with Crippen LogP contribution in [0.25, 0.3) is 0 Å². The monoisotopic (exact) mass is 474 g/mol. The molecule has 0 fully saturated rings. The van der Waals surface area contributed by atoms with Crippen LogP contribution in [0.2, 0.25) is 5.02 Å². The molecule has 0 unspecified atom stereocenters. The topological polar surface area (TPSA) is 49.4 Å². The number of hydrogen-bond donors (Lipinski definition) is 1. The van der Waals surface area contributed by atoms with Gasteiger partial charge in [0.05, 0.1) is 0 Å². The molecule has 0 aliphatic carbocycles. The summed E-state index contributed by atoms with van der Waals surface area (Å²) in [4.78, 5) is 29.0. The van der Waals surface area contributed by atoms with Crippen LogP contribution < -0.4 is 5.32 Å². The predicted molar refractivity (Wildman–Crippen MR) is 135 cm³/mol. The highest BCUT2D eigenvalue weighted by atomic mass is 35.5. The first kappa shape index (κ1) is 26.3. The molecule has 0 saturated heterocycles. The van der Waals surface area contributed by atoms with Crippen molar-refractivity contribution in [3.05, 3.63) is 64.7 Å². The van der Waals surface area contributed by atoms with E-state index in [9.17, 15) is 9.59 Å². The molecule has 0 aromatic heterocycles. The molecule has 1 N–H and O–H groups in total. The van der Waals surface area contributed by atoms with Gasteiger partial charge in [0.1, 0.15) is 6.04 Å². The van der Waals surface area contributed by atoms with Crippen molar-refractivity contribution in [3.63, 3.8) is 0 Å². The highest BCUT2D eigenvalue weighted by Gasteiger charge is 2.28. The summed E-state index contributed by atoms with van der Waals surface area (Å²) in [7, 11) is 0. The Balaban J connectivity index is 2.03. The number of benzene rings is 2. The van der Waals surface area contributed by atoms with E-state index in [0.717, 1.165) is 46.1 Å². The minimum atomic E-state index is -0.455. The Morgan fingerprint density at radius 1 is 1.09 bits per heavy atom. The summed E-state index contributed by atoms with van der Waals surface area (Å²) in [5, 5.41) is 3.73. The van der Waals surface area contributed by atoms with Crippen LogP contribution >= 0.6 is 23.4 Å². The van der Waals surface area contributed by atoms with Gasteiger partial charge in [-0.2, -0.15) is 0 Å². The Labute approximate surface area is 202 Å². The molecular formula is C26H35ClN2O2S. The van der Waals surface area contributed by atoms with Crippen molar-refractivity contribution < 1.29 is 9.59 Å². The third kappa shape index (κ3) is 8.87. The molecule has 4 nitrogen and oxygen atoms in total. The summed E-state index contributed by atoms with van der Waals surface area (Å²) in [6.07, 6.45) is 3.73. The van der Waals surface area contributed by atoms with Gasteiger partial charge in [-0.1, -0.05) is 61.7 Å². The zero-order valence-corrected chi connectivity index (χ0v) is 21.0. The van der Waals surface area contributed by atoms with E-state index in [0.29, 0.717) is 25.9 Å². The average molecular weight is 475 g/mol. The maximum absolute atomic E-state index is 13.2. The van der Waals surface area contributed by atoms with Crippen molar-refractivity contribution in [2.75, 3.05) is 12.3 Å². The van der Waals surface area contributed by atoms with Crippen LogP contribution in [-0.2, 0) is 16.1 Å². The molecule has 0 radical (unpaired) electrons. The highest BCUT2D eigenvalue weighted by Crippen LogP contribution is 2.22. The van der Waals surface area contributed by atoms with Crippen LogP contribution in [0.1, 0.15) is 57.1 Å². The third-order valence-corrected chi connectivity index (χ3v) is 6.62. The second-order valence-corrected chi connectivity index (χ2v) is 9.59. The smallest absolute Gasteiger partial charge is 0.242 e. The minimum Gasteiger partial charge on any atom is -0.354 e. The number of aryl methyl sites for hydroxylation is 1. The van der Waals surface area contributed by atoms with E-state index in [1.807, 2.05) is 56.3 Å². The number of carbonyl (C=O) groups excluding carboxylic acids is 2. The van der Waals surface area contributed by atoms with Crippen molar-refractivity contribution in [2.45, 2.75) is 70.4 Å². The van der Waals surface area contributed by atoms with Crippen molar-refractivity contribution in [3.8, 4) is 0 Å². The van der Waals surface area contributed by atoms with Gasteiger partial charge in [0.15, 0.2) is 0 Å². The quantitative estimate of drug-likeness (QED) is 0.276. The molecular weight excluding hydrogens is 440 g/mol. The standard InChI is InChI=1S/C26H35ClN2O2S/c1-4-6-16-28-26(31)24(5-2)29(19-21-10-7-9-20(3)18-21)25(30)11-8-17-32-23-14-12-22(27)13-15-23/h7,9-10,12-15,18,24H,4-6,8,11,16-17,19H2,1-3H3,(H,28,31)/t24-/m1/s1. The number of unbranched alkanes of at least 4 members (excludes halogenated alkanes) is 1. The Kier molecular flexibility index (Phi) is 11.7. The molecule has 1 atom stereocenters. The summed E-state index contributed by atoms with van der Waals surface area (Å²) in [5.41, 5.74) is 2.20. The molecule has 2 rings (SSSR count). The van der Waals surface area contributed by atoms with E-state index >= 15 is 0 Å². The Morgan fingerprint density at radius 2 is 1.84 bits per heavy atom. The fourth-order valence-electron chi connectivity index (χ4n) is 3.52. The maximum atomic E-state index is 13.2. The van der Waals surface area contributed by atoms with Gasteiger partial charge in [0.25, 0.3) is 0 Å². The number of nitrogens with zero attached hydrogens (tertiary/aromatic N) is 1. The van der Waals surface area contributed by atoms with E-state index in [-0.39, 0.29) is 11.8 Å². The fourth-order valence-corrected chi connectivity index (χ4v) is 4.50. The first-order chi connectivity index (χ1) is 15.4. The SMILES string of the molecule is CCCCNC(=O)[C@@H](CC)N(Cc1cccc(C)c1)C(=O)CCCSc1ccc(Cl)cc1. The van der Waals surface area contributed by atoms with Gasteiger partial charge in [-0.05, 0) is 61.8 Å². The predicted octanol–water partition coefficient (Wildman–Crippen LogP) is 6.24. The van der Waals surface area contributed by atoms with Crippen LogP contribution in [0.5, 0.6) is 0 Å². The molecule has 0 bridgehead atoms. The molecule has 2 aromatic carbocycles. The maximum Gasteiger partial charge on any atom is 0.242 e. The van der Waals surface area contributed by atoms with Crippen LogP contribution in [0.15, 0.2) is 53.4 Å². The molecule has 0 aliphatic rings. The Hall–Kier alpha value is -1.98. The summed E-state index contributed by atoms with van der Waals surface area (Å²) < 4.78 is 0. The molecule has 32 heavy (non-hydrogen) atoms. The lowest BCUT2D eigenvalue weighted by atomic mass is 10.1. The second-order valence-electron chi connectivity index (χ2n) is 7.99. The van der Waals surface area contributed by atoms with Crippen molar-refractivity contribution in [1.82, 2.24) is 10.2 Å². The summed E-state index contributed by atoms with van der Waals surface area (Å²) in [6, 6.07) is 15.4. The lowest BCUT2D eigenvalue weighted by Gasteiger charge is -2.31. The van der Waals surface area contributed by atoms with Gasteiger partial charge in [0.2, 0.25) is 11.8 Å². The van der Waals surface area contributed by atoms with Gasteiger partial charge in [0, 0.05) is 29.4 Å². The van der Waals surface area contributed by atoms with Gasteiger partial charge < -0.3 is 10.2 Å². The van der Waals surface area contributed by atoms with Crippen LogP contribution in [0, 0.1) is 6.92 Å². The van der Waals surface area contributed by atoms with Gasteiger partial charge in [-0.3, -0.25) is 9.59 Å². The van der Waals surface area contributed by atoms with Gasteiger partial charge in [-0.15, -0.1) is 11.8 Å². The lowest BCUT2D eigenvalue weighted by molar-refractivity contribution is -0.141. The number of amides is 2. The van der Waals surface area contributed by atoms with Crippen molar-refractivity contribution >= 4 is 35.2 Å². The van der Waals surface area contributed by atoms with E-state index < -0.39 is 6.04 Å². The van der Waals surface area contributed by atoms with Crippen molar-refractivity contribution in [2.24, 2.45) is 0 Å². The van der Waals surface area contributed by atoms with E-state index in [1.165, 1.54) is 0 Å². The zero-order chi connectivity index (χ0) is 23.3. The summed E-state index contributed by atoms with van der Waals surface area (Å²) in [5.74, 6) is 0.809. The third-order valence-electron chi connectivity index (χ3n) is 5.27. The highest BCUT2D eigenvalue weighted by molar-refractivity contribution is 7.99. The van der Waals surface area contributed by atoms with Crippen molar-refractivity contribution in [1.29, 1.82) is 0 Å². The number of thioether (sulfide) groups is 1. The zero-order valence-electron chi connectivity index (χ0n) is 19.4. The van der Waals surface area contributed by atoms with E-state index in [1.54, 1.807) is 16.7 Å². The van der Waals surface area contributed by atoms with Crippen LogP contribution in [-0.4, -0.2) is 35.1 Å². The van der Waals surface area contributed by atoms with Gasteiger partial charge >= 0.3 is 0 Å². The van der Waals surface area contributed by atoms with Crippen LogP contribution in [0.3, 0.4) is 0 Å². The summed E-state index contributed by atoms with van der Waals surface area (Å²) in [6.45, 7) is 7.20. The molecule has 0 spiro atoms. The lowest BCUT2D eigenvalue weighted by Crippen LogP contribution is -2.49. The first-order valence-corrected chi connectivity index (χ1v) is 12.8. The number of halogens is 1. The number of hydrogen-bond acceptors (Lipinski definition) is 3. The first-order valence-electron chi connectivity index (χ1n) is 11.5. The van der Waals surface area contributed by atoms with E-state index in [2.05, 4.69) is 18.3 Å². The summed E-state index contributed by atoms with van der Waals surface area (Å²) >= 11 is 7.66. The Morgan fingerprint density at radius 3 is 2.50 bits per heavy atom. The van der Waals surface area contributed by atoms with Gasteiger partial charge in [-0.25, -0.2) is 0 Å². The molecule has 2 aromatic rings. The largest absolute Gasteiger partial charge is 0.354 e. The van der Waals surface area contributed by atoms with E-state index in [4.69, 9.17) is 11.6 Å². The molecule has 0 heterocycles. The molecule has 2 amide bonds. The molecule has 174 valence electrons. The number of rotatable bonds is 13. The van der Waals surface area contributed by atoms with Crippen LogP contribution in [0.4, 0.5) is 0 Å². The molecule has 0 saturated carbocycles. The second kappa shape index (κ2) is 14.2. The fraction of sp³-hybridized carbons (Fsp3) is 0.462. The molecule has 0 aliphatic heterocycles. The normalized spacial score (nSPS) is 11.8. The average Bonchev–Trinajstić information content (AvgIpc) is 2.78.